The third-order valence-corrected chi connectivity index (χ3v) is 4.15. The first kappa shape index (κ1) is 19.7. The summed E-state index contributed by atoms with van der Waals surface area (Å²) >= 11 is 6.17. The van der Waals surface area contributed by atoms with E-state index in [1.54, 1.807) is 11.0 Å². The molecule has 1 saturated heterocycles. The molecule has 23 heavy (non-hydrogen) atoms. The summed E-state index contributed by atoms with van der Waals surface area (Å²) < 4.78 is 0. The molecule has 2 atom stereocenters. The zero-order valence-electron chi connectivity index (χ0n) is 13.1. The molecular weight excluding hydrogens is 337 g/mol. The molecule has 0 spiro atoms. The Kier molecular flexibility index (Phi) is 7.82. The minimum atomic E-state index is -0.562. The van der Waals surface area contributed by atoms with Crippen LogP contribution in [0, 0.1) is 0 Å². The van der Waals surface area contributed by atoms with Gasteiger partial charge in [0.05, 0.1) is 16.8 Å². The number of benzene rings is 1. The largest absolute Gasteiger partial charge is 0.343 e. The molecule has 1 heterocycles. The Labute approximate surface area is 148 Å². The molecule has 2 amide bonds. The maximum atomic E-state index is 12.6. The number of halogens is 2. The second-order valence-corrected chi connectivity index (χ2v) is 5.95. The predicted octanol–water partition coefficient (Wildman–Crippen LogP) is 2.50. The molecule has 0 aliphatic carbocycles. The summed E-state index contributed by atoms with van der Waals surface area (Å²) in [6.07, 6.45) is 2.88. The first-order valence-corrected chi connectivity index (χ1v) is 8.04. The molecule has 1 aromatic rings. The van der Waals surface area contributed by atoms with Gasteiger partial charge in [0, 0.05) is 6.54 Å². The third kappa shape index (κ3) is 4.83. The van der Waals surface area contributed by atoms with Crippen molar-refractivity contribution in [2.24, 2.45) is 5.73 Å². The molecule has 1 aliphatic heterocycles. The Hall–Kier alpha value is -1.30. The summed E-state index contributed by atoms with van der Waals surface area (Å²) in [5.41, 5.74) is 6.49. The summed E-state index contributed by atoms with van der Waals surface area (Å²) in [4.78, 5) is 26.3. The van der Waals surface area contributed by atoms with E-state index in [1.807, 2.05) is 25.1 Å². The number of hydrogen-bond donors (Lipinski definition) is 2. The van der Waals surface area contributed by atoms with E-state index in [0.717, 1.165) is 12.8 Å². The van der Waals surface area contributed by atoms with E-state index in [4.69, 9.17) is 17.3 Å². The van der Waals surface area contributed by atoms with Gasteiger partial charge in [-0.2, -0.15) is 0 Å². The molecule has 0 saturated carbocycles. The normalized spacial score (nSPS) is 19.0. The van der Waals surface area contributed by atoms with Crippen molar-refractivity contribution in [2.75, 3.05) is 11.4 Å². The van der Waals surface area contributed by atoms with Gasteiger partial charge in [0.2, 0.25) is 11.8 Å². The topological polar surface area (TPSA) is 75.4 Å². The van der Waals surface area contributed by atoms with Gasteiger partial charge in [0.15, 0.2) is 0 Å². The number of para-hydroxylation sites is 1. The number of anilines is 1. The van der Waals surface area contributed by atoms with E-state index in [0.29, 0.717) is 30.1 Å². The van der Waals surface area contributed by atoms with Crippen LogP contribution in [0.3, 0.4) is 0 Å². The highest BCUT2D eigenvalue weighted by Gasteiger charge is 2.32. The Bertz CT molecular complexity index is 554. The molecule has 1 fully saturated rings. The fraction of sp³-hybridized carbons (Fsp3) is 0.500. The van der Waals surface area contributed by atoms with Crippen molar-refractivity contribution in [1.29, 1.82) is 0 Å². The van der Waals surface area contributed by atoms with Crippen LogP contribution in [0.25, 0.3) is 0 Å². The van der Waals surface area contributed by atoms with E-state index in [1.165, 1.54) is 0 Å². The van der Waals surface area contributed by atoms with Gasteiger partial charge in [-0.1, -0.05) is 37.1 Å². The maximum Gasteiger partial charge on any atom is 0.249 e. The molecule has 1 aromatic carbocycles. The number of rotatable bonds is 5. The lowest BCUT2D eigenvalue weighted by atomic mass is 10.0. The lowest BCUT2D eigenvalue weighted by Gasteiger charge is -2.33. The molecule has 3 N–H and O–H groups in total. The first-order valence-electron chi connectivity index (χ1n) is 7.66. The van der Waals surface area contributed by atoms with Crippen molar-refractivity contribution in [3.8, 4) is 0 Å². The predicted molar refractivity (Wildman–Crippen MR) is 95.1 cm³/mol. The Morgan fingerprint density at radius 2 is 2.17 bits per heavy atom. The zero-order valence-corrected chi connectivity index (χ0v) is 14.7. The quantitative estimate of drug-likeness (QED) is 0.847. The van der Waals surface area contributed by atoms with Gasteiger partial charge in [-0.15, -0.1) is 12.4 Å². The van der Waals surface area contributed by atoms with Crippen LogP contribution < -0.4 is 16.0 Å². The Morgan fingerprint density at radius 1 is 1.48 bits per heavy atom. The number of nitrogens with one attached hydrogen (secondary N) is 1. The SMILES string of the molecule is CCCC(N)C(=O)NC1CCCN(c2ccccc2Cl)C1=O.Cl. The summed E-state index contributed by atoms with van der Waals surface area (Å²) in [7, 11) is 0. The van der Waals surface area contributed by atoms with Crippen molar-refractivity contribution in [3.63, 3.8) is 0 Å². The second kappa shape index (κ2) is 9.11. The van der Waals surface area contributed by atoms with Crippen LogP contribution in [0.4, 0.5) is 5.69 Å². The van der Waals surface area contributed by atoms with Crippen LogP contribution in [0.5, 0.6) is 0 Å². The van der Waals surface area contributed by atoms with Gasteiger partial charge in [-0.05, 0) is 31.4 Å². The maximum absolute atomic E-state index is 12.6. The van der Waals surface area contributed by atoms with Crippen LogP contribution in [0.15, 0.2) is 24.3 Å². The number of carbonyl (C=O) groups excluding carboxylic acids is 2. The summed E-state index contributed by atoms with van der Waals surface area (Å²) in [5.74, 6) is -0.391. The molecule has 128 valence electrons. The lowest BCUT2D eigenvalue weighted by molar-refractivity contribution is -0.129. The van der Waals surface area contributed by atoms with Crippen molar-refractivity contribution in [3.05, 3.63) is 29.3 Å². The van der Waals surface area contributed by atoms with E-state index < -0.39 is 12.1 Å². The van der Waals surface area contributed by atoms with E-state index in [2.05, 4.69) is 5.32 Å². The number of amides is 2. The van der Waals surface area contributed by atoms with Crippen molar-refractivity contribution >= 4 is 41.5 Å². The summed E-state index contributed by atoms with van der Waals surface area (Å²) in [5, 5.41) is 3.31. The molecule has 2 rings (SSSR count). The molecule has 2 unspecified atom stereocenters. The molecule has 0 bridgehead atoms. The molecule has 1 aliphatic rings. The van der Waals surface area contributed by atoms with Gasteiger partial charge in [-0.3, -0.25) is 9.59 Å². The molecule has 5 nitrogen and oxygen atoms in total. The fourth-order valence-corrected chi connectivity index (χ4v) is 2.88. The Balaban J connectivity index is 0.00000264. The number of nitrogens with zero attached hydrogens (tertiary/aromatic N) is 1. The van der Waals surface area contributed by atoms with Gasteiger partial charge in [0.25, 0.3) is 0 Å². The number of carbonyl (C=O) groups is 2. The lowest BCUT2D eigenvalue weighted by Crippen LogP contribution is -2.55. The van der Waals surface area contributed by atoms with Gasteiger partial charge in [-0.25, -0.2) is 0 Å². The van der Waals surface area contributed by atoms with Crippen molar-refractivity contribution < 1.29 is 9.59 Å². The smallest absolute Gasteiger partial charge is 0.249 e. The van der Waals surface area contributed by atoms with E-state index in [9.17, 15) is 9.59 Å². The van der Waals surface area contributed by atoms with Crippen LogP contribution in [-0.2, 0) is 9.59 Å². The van der Waals surface area contributed by atoms with E-state index in [-0.39, 0.29) is 24.2 Å². The van der Waals surface area contributed by atoms with Crippen LogP contribution in [-0.4, -0.2) is 30.4 Å². The average molecular weight is 360 g/mol. The molecular formula is C16H23Cl2N3O2. The second-order valence-electron chi connectivity index (χ2n) is 5.54. The average Bonchev–Trinajstić information content (AvgIpc) is 2.50. The number of hydrogen-bond acceptors (Lipinski definition) is 3. The van der Waals surface area contributed by atoms with E-state index >= 15 is 0 Å². The molecule has 0 aromatic heterocycles. The molecule has 7 heteroatoms. The minimum Gasteiger partial charge on any atom is -0.343 e. The van der Waals surface area contributed by atoms with Crippen LogP contribution >= 0.6 is 24.0 Å². The molecule has 0 radical (unpaired) electrons. The highest BCUT2D eigenvalue weighted by molar-refractivity contribution is 6.33. The van der Waals surface area contributed by atoms with Crippen LogP contribution in [0.1, 0.15) is 32.6 Å². The fourth-order valence-electron chi connectivity index (χ4n) is 2.64. The summed E-state index contributed by atoms with van der Waals surface area (Å²) in [6, 6.07) is 6.14. The van der Waals surface area contributed by atoms with Crippen molar-refractivity contribution in [1.82, 2.24) is 5.32 Å². The number of nitrogens with two attached hydrogens (primary N) is 1. The highest BCUT2D eigenvalue weighted by Crippen LogP contribution is 2.28. The minimum absolute atomic E-state index is 0. The Morgan fingerprint density at radius 3 is 2.83 bits per heavy atom. The van der Waals surface area contributed by atoms with Gasteiger partial charge in [0.1, 0.15) is 6.04 Å². The standard InChI is InChI=1S/C16H22ClN3O2.ClH/c1-2-6-12(18)15(21)19-13-8-5-10-20(16(13)22)14-9-4-3-7-11(14)17;/h3-4,7,9,12-13H,2,5-6,8,10,18H2,1H3,(H,19,21);1H. The third-order valence-electron chi connectivity index (χ3n) is 3.83. The monoisotopic (exact) mass is 359 g/mol. The van der Waals surface area contributed by atoms with Crippen molar-refractivity contribution in [2.45, 2.75) is 44.7 Å². The van der Waals surface area contributed by atoms with Gasteiger partial charge < -0.3 is 16.0 Å². The van der Waals surface area contributed by atoms with Crippen LogP contribution in [0.2, 0.25) is 5.02 Å². The summed E-state index contributed by atoms with van der Waals surface area (Å²) in [6.45, 7) is 2.58. The van der Waals surface area contributed by atoms with Gasteiger partial charge >= 0.3 is 0 Å². The highest BCUT2D eigenvalue weighted by atomic mass is 35.5. The number of piperidine rings is 1. The zero-order chi connectivity index (χ0) is 16.1. The first-order chi connectivity index (χ1) is 10.5.